The van der Waals surface area contributed by atoms with Gasteiger partial charge in [-0.2, -0.15) is 0 Å². The van der Waals surface area contributed by atoms with Crippen LogP contribution < -0.4 is 15.1 Å². The number of piperazine rings is 1. The number of aliphatic imine (C=N–C) groups is 1. The van der Waals surface area contributed by atoms with Crippen molar-refractivity contribution in [3.63, 3.8) is 0 Å². The van der Waals surface area contributed by atoms with Gasteiger partial charge in [0.2, 0.25) is 0 Å². The van der Waals surface area contributed by atoms with Crippen LogP contribution in [-0.2, 0) is 6.42 Å². The van der Waals surface area contributed by atoms with E-state index < -0.39 is 0 Å². The minimum atomic E-state index is 0.346. The van der Waals surface area contributed by atoms with E-state index in [1.807, 2.05) is 25.2 Å². The number of guanidine groups is 1. The number of rotatable bonds is 5. The van der Waals surface area contributed by atoms with Gasteiger partial charge in [-0.15, -0.1) is 0 Å². The van der Waals surface area contributed by atoms with Crippen molar-refractivity contribution >= 4 is 17.3 Å². The number of nitrogens with zero attached hydrogens (tertiary/aromatic N) is 4. The Bertz CT molecular complexity index is 780. The van der Waals surface area contributed by atoms with Crippen molar-refractivity contribution in [2.24, 2.45) is 4.99 Å². The van der Waals surface area contributed by atoms with E-state index in [-0.39, 0.29) is 0 Å². The summed E-state index contributed by atoms with van der Waals surface area (Å²) in [4.78, 5) is 11.1. The van der Waals surface area contributed by atoms with E-state index in [1.165, 1.54) is 11.3 Å². The zero-order chi connectivity index (χ0) is 19.9. The van der Waals surface area contributed by atoms with Crippen LogP contribution in [0.2, 0.25) is 0 Å². The largest absolute Gasteiger partial charge is 0.506 e. The number of anilines is 2. The summed E-state index contributed by atoms with van der Waals surface area (Å²) in [6, 6.07) is 16.2. The van der Waals surface area contributed by atoms with Crippen molar-refractivity contribution in [1.29, 1.82) is 0 Å². The lowest BCUT2D eigenvalue weighted by atomic mass is 10.1. The first kappa shape index (κ1) is 19.9. The highest BCUT2D eigenvalue weighted by atomic mass is 16.3. The van der Waals surface area contributed by atoms with Crippen LogP contribution in [0.1, 0.15) is 5.56 Å². The van der Waals surface area contributed by atoms with Crippen molar-refractivity contribution in [3.8, 4) is 5.75 Å². The molecule has 28 heavy (non-hydrogen) atoms. The minimum Gasteiger partial charge on any atom is -0.506 e. The van der Waals surface area contributed by atoms with Crippen LogP contribution in [0, 0.1) is 0 Å². The van der Waals surface area contributed by atoms with E-state index >= 15 is 0 Å². The summed E-state index contributed by atoms with van der Waals surface area (Å²) in [7, 11) is 5.95. The normalized spacial score (nSPS) is 14.9. The summed E-state index contributed by atoms with van der Waals surface area (Å²) >= 11 is 0. The number of hydrogen-bond donors (Lipinski definition) is 2. The van der Waals surface area contributed by atoms with E-state index in [2.05, 4.69) is 63.4 Å². The summed E-state index contributed by atoms with van der Waals surface area (Å²) in [5.41, 5.74) is 3.44. The lowest BCUT2D eigenvalue weighted by Gasteiger charge is -2.37. The molecule has 0 spiro atoms. The fourth-order valence-corrected chi connectivity index (χ4v) is 3.50. The van der Waals surface area contributed by atoms with Gasteiger partial charge in [-0.25, -0.2) is 0 Å². The third-order valence-corrected chi connectivity index (χ3v) is 5.16. The molecule has 0 amide bonds. The van der Waals surface area contributed by atoms with Gasteiger partial charge in [0.25, 0.3) is 0 Å². The Morgan fingerprint density at radius 3 is 2.32 bits per heavy atom. The van der Waals surface area contributed by atoms with Gasteiger partial charge >= 0.3 is 0 Å². The van der Waals surface area contributed by atoms with Crippen LogP contribution in [0.25, 0.3) is 0 Å². The third kappa shape index (κ3) is 4.88. The molecule has 1 aliphatic rings. The molecule has 6 heteroatoms. The molecule has 2 aromatic rings. The molecule has 0 aliphatic carbocycles. The quantitative estimate of drug-likeness (QED) is 0.615. The predicted octanol–water partition coefficient (Wildman–Crippen LogP) is 2.40. The second-order valence-corrected chi connectivity index (χ2v) is 7.25. The standard InChI is InChI=1S/C22H31N5O/c1-23-22(24-13-12-18-8-10-19(11-9-18)25(2)3)27-16-14-26(15-17-27)20-6-4-5-7-21(20)28/h4-11,28H,12-17H2,1-3H3,(H,23,24). The molecule has 2 aromatic carbocycles. The van der Waals surface area contributed by atoms with Gasteiger partial charge in [-0.05, 0) is 36.2 Å². The minimum absolute atomic E-state index is 0.346. The second-order valence-electron chi connectivity index (χ2n) is 7.25. The number of phenolic OH excluding ortho intramolecular Hbond substituents is 1. The molecule has 1 fully saturated rings. The molecular weight excluding hydrogens is 350 g/mol. The maximum atomic E-state index is 10.1. The molecule has 0 bridgehead atoms. The molecule has 0 saturated carbocycles. The molecule has 1 heterocycles. The first-order chi connectivity index (χ1) is 13.6. The smallest absolute Gasteiger partial charge is 0.193 e. The highest BCUT2D eigenvalue weighted by Crippen LogP contribution is 2.27. The number of aromatic hydroxyl groups is 1. The molecule has 0 aromatic heterocycles. The zero-order valence-corrected chi connectivity index (χ0v) is 17.1. The van der Waals surface area contributed by atoms with E-state index in [1.54, 1.807) is 6.07 Å². The SMILES string of the molecule is CN=C(NCCc1ccc(N(C)C)cc1)N1CCN(c2ccccc2O)CC1. The monoisotopic (exact) mass is 381 g/mol. The van der Waals surface area contributed by atoms with Gasteiger partial charge in [-0.1, -0.05) is 24.3 Å². The highest BCUT2D eigenvalue weighted by Gasteiger charge is 2.21. The summed E-state index contributed by atoms with van der Waals surface area (Å²) < 4.78 is 0. The molecule has 3 rings (SSSR count). The summed E-state index contributed by atoms with van der Waals surface area (Å²) in [5.74, 6) is 1.29. The highest BCUT2D eigenvalue weighted by molar-refractivity contribution is 5.80. The zero-order valence-electron chi connectivity index (χ0n) is 17.1. The Kier molecular flexibility index (Phi) is 6.63. The lowest BCUT2D eigenvalue weighted by Crippen LogP contribution is -2.52. The van der Waals surface area contributed by atoms with E-state index in [4.69, 9.17) is 0 Å². The van der Waals surface area contributed by atoms with Crippen LogP contribution in [0.4, 0.5) is 11.4 Å². The van der Waals surface area contributed by atoms with Crippen molar-refractivity contribution in [3.05, 3.63) is 54.1 Å². The Morgan fingerprint density at radius 1 is 1.04 bits per heavy atom. The number of benzene rings is 2. The summed E-state index contributed by atoms with van der Waals surface area (Å²) in [6.45, 7) is 4.35. The number of hydrogen-bond acceptors (Lipinski definition) is 4. The summed E-state index contributed by atoms with van der Waals surface area (Å²) in [6.07, 6.45) is 0.963. The van der Waals surface area contributed by atoms with Crippen LogP contribution in [0.3, 0.4) is 0 Å². The van der Waals surface area contributed by atoms with Gasteiger partial charge in [0.1, 0.15) is 5.75 Å². The molecule has 6 nitrogen and oxygen atoms in total. The first-order valence-corrected chi connectivity index (χ1v) is 9.83. The van der Waals surface area contributed by atoms with Gasteiger partial charge in [-0.3, -0.25) is 4.99 Å². The van der Waals surface area contributed by atoms with Gasteiger partial charge < -0.3 is 25.1 Å². The van der Waals surface area contributed by atoms with E-state index in [0.717, 1.165) is 50.8 Å². The molecule has 0 radical (unpaired) electrons. The van der Waals surface area contributed by atoms with Crippen molar-refractivity contribution in [1.82, 2.24) is 10.2 Å². The fraction of sp³-hybridized carbons (Fsp3) is 0.409. The average molecular weight is 382 g/mol. The Morgan fingerprint density at radius 2 is 1.71 bits per heavy atom. The number of phenols is 1. The predicted molar refractivity (Wildman–Crippen MR) is 118 cm³/mol. The maximum Gasteiger partial charge on any atom is 0.193 e. The lowest BCUT2D eigenvalue weighted by molar-refractivity contribution is 0.370. The molecular formula is C22H31N5O. The molecule has 0 atom stereocenters. The van der Waals surface area contributed by atoms with Crippen molar-refractivity contribution in [2.45, 2.75) is 6.42 Å². The van der Waals surface area contributed by atoms with Crippen LogP contribution in [0.15, 0.2) is 53.5 Å². The average Bonchev–Trinajstić information content (AvgIpc) is 2.72. The number of para-hydroxylation sites is 2. The van der Waals surface area contributed by atoms with Crippen molar-refractivity contribution in [2.75, 3.05) is 63.7 Å². The fourth-order valence-electron chi connectivity index (χ4n) is 3.50. The van der Waals surface area contributed by atoms with Gasteiger partial charge in [0.15, 0.2) is 5.96 Å². The molecule has 150 valence electrons. The topological polar surface area (TPSA) is 54.3 Å². The Balaban J connectivity index is 1.48. The van der Waals surface area contributed by atoms with E-state index in [0.29, 0.717) is 5.75 Å². The maximum absolute atomic E-state index is 10.1. The molecule has 1 aliphatic heterocycles. The van der Waals surface area contributed by atoms with E-state index in [9.17, 15) is 5.11 Å². The van der Waals surface area contributed by atoms with Gasteiger partial charge in [0, 0.05) is 59.6 Å². The summed E-state index contributed by atoms with van der Waals surface area (Å²) in [5, 5.41) is 13.6. The molecule has 2 N–H and O–H groups in total. The molecule has 0 unspecified atom stereocenters. The molecule has 1 saturated heterocycles. The van der Waals surface area contributed by atoms with Crippen molar-refractivity contribution < 1.29 is 5.11 Å². The first-order valence-electron chi connectivity index (χ1n) is 9.83. The van der Waals surface area contributed by atoms with Crippen LogP contribution in [0.5, 0.6) is 5.75 Å². The van der Waals surface area contributed by atoms with Crippen LogP contribution >= 0.6 is 0 Å². The van der Waals surface area contributed by atoms with Crippen LogP contribution in [-0.4, -0.2) is 69.8 Å². The Hall–Kier alpha value is -2.89. The second kappa shape index (κ2) is 9.35. The van der Waals surface area contributed by atoms with Gasteiger partial charge in [0.05, 0.1) is 5.69 Å². The third-order valence-electron chi connectivity index (χ3n) is 5.16. The Labute approximate surface area is 168 Å². The number of nitrogens with one attached hydrogen (secondary N) is 1.